The number of hydrogen-bond acceptors (Lipinski definition) is 4. The minimum atomic E-state index is -0.792. The molecule has 0 aliphatic rings. The summed E-state index contributed by atoms with van der Waals surface area (Å²) in [6, 6.07) is 14.9. The van der Waals surface area contributed by atoms with Gasteiger partial charge in [-0.15, -0.1) is 0 Å². The third-order valence-corrected chi connectivity index (χ3v) is 4.00. The highest BCUT2D eigenvalue weighted by Crippen LogP contribution is 2.22. The van der Waals surface area contributed by atoms with Crippen molar-refractivity contribution in [2.24, 2.45) is 0 Å². The number of carbonyl (C=O) groups is 2. The summed E-state index contributed by atoms with van der Waals surface area (Å²) in [7, 11) is 0. The molecule has 0 aliphatic heterocycles. The molecule has 26 heavy (non-hydrogen) atoms. The van der Waals surface area contributed by atoms with Crippen molar-refractivity contribution in [1.29, 1.82) is 0 Å². The second-order valence-corrected chi connectivity index (χ2v) is 5.89. The van der Waals surface area contributed by atoms with Crippen molar-refractivity contribution in [2.75, 3.05) is 11.9 Å². The number of para-hydroxylation sites is 2. The lowest BCUT2D eigenvalue weighted by Crippen LogP contribution is -2.30. The molecule has 2 aromatic carbocycles. The highest BCUT2D eigenvalue weighted by Gasteiger charge is 2.18. The molecule has 0 aliphatic carbocycles. The van der Waals surface area contributed by atoms with Crippen LogP contribution in [0, 0.1) is 0 Å². The van der Waals surface area contributed by atoms with Gasteiger partial charge in [-0.1, -0.05) is 50.2 Å². The number of aryl methyl sites for hydroxylation is 2. The molecule has 1 N–H and O–H groups in total. The Bertz CT molecular complexity index is 721. The third-order valence-electron chi connectivity index (χ3n) is 4.00. The SMILES string of the molecule is CCc1cccc(CC)c1NC(=O)COC(=O)[C@H](C)Oc1ccccc1. The number of carbonyl (C=O) groups excluding carboxylic acids is 2. The van der Waals surface area contributed by atoms with E-state index in [4.69, 9.17) is 9.47 Å². The first-order valence-corrected chi connectivity index (χ1v) is 8.84. The zero-order valence-electron chi connectivity index (χ0n) is 15.5. The maximum absolute atomic E-state index is 12.2. The van der Waals surface area contributed by atoms with Crippen LogP contribution < -0.4 is 10.1 Å². The average molecular weight is 355 g/mol. The highest BCUT2D eigenvalue weighted by atomic mass is 16.6. The van der Waals surface area contributed by atoms with E-state index < -0.39 is 12.1 Å². The second kappa shape index (κ2) is 9.61. The van der Waals surface area contributed by atoms with E-state index in [9.17, 15) is 9.59 Å². The van der Waals surface area contributed by atoms with Crippen LogP contribution in [0.4, 0.5) is 5.69 Å². The Morgan fingerprint density at radius 2 is 1.58 bits per heavy atom. The maximum Gasteiger partial charge on any atom is 0.347 e. The first-order valence-electron chi connectivity index (χ1n) is 8.84. The minimum absolute atomic E-state index is 0.345. The van der Waals surface area contributed by atoms with Crippen LogP contribution in [0.3, 0.4) is 0 Å². The predicted molar refractivity (Wildman–Crippen MR) is 101 cm³/mol. The molecule has 0 radical (unpaired) electrons. The van der Waals surface area contributed by atoms with E-state index in [1.54, 1.807) is 19.1 Å². The predicted octanol–water partition coefficient (Wildman–Crippen LogP) is 3.76. The van der Waals surface area contributed by atoms with Crippen LogP contribution in [0.15, 0.2) is 48.5 Å². The molecule has 5 heteroatoms. The molecule has 0 bridgehead atoms. The molecular formula is C21H25NO4. The molecule has 0 saturated heterocycles. The molecule has 1 atom stereocenters. The Hall–Kier alpha value is -2.82. The fourth-order valence-electron chi connectivity index (χ4n) is 2.58. The van der Waals surface area contributed by atoms with Gasteiger partial charge in [0.1, 0.15) is 5.75 Å². The molecule has 0 heterocycles. The summed E-state index contributed by atoms with van der Waals surface area (Å²) < 4.78 is 10.6. The van der Waals surface area contributed by atoms with Crippen LogP contribution in [-0.2, 0) is 27.2 Å². The molecule has 1 amide bonds. The van der Waals surface area contributed by atoms with Crippen LogP contribution in [0.25, 0.3) is 0 Å². The zero-order valence-corrected chi connectivity index (χ0v) is 15.5. The monoisotopic (exact) mass is 355 g/mol. The number of anilines is 1. The van der Waals surface area contributed by atoms with E-state index >= 15 is 0 Å². The lowest BCUT2D eigenvalue weighted by molar-refractivity contribution is -0.153. The van der Waals surface area contributed by atoms with Crippen LogP contribution in [0.1, 0.15) is 31.9 Å². The van der Waals surface area contributed by atoms with Gasteiger partial charge in [-0.05, 0) is 43.0 Å². The van der Waals surface area contributed by atoms with Crippen molar-refractivity contribution < 1.29 is 19.1 Å². The molecule has 0 spiro atoms. The number of nitrogens with one attached hydrogen (secondary N) is 1. The smallest absolute Gasteiger partial charge is 0.347 e. The van der Waals surface area contributed by atoms with E-state index in [-0.39, 0.29) is 12.5 Å². The van der Waals surface area contributed by atoms with E-state index in [1.807, 2.05) is 50.2 Å². The van der Waals surface area contributed by atoms with Gasteiger partial charge >= 0.3 is 5.97 Å². The van der Waals surface area contributed by atoms with Crippen LogP contribution in [0.5, 0.6) is 5.75 Å². The van der Waals surface area contributed by atoms with Gasteiger partial charge in [0.2, 0.25) is 0 Å². The number of esters is 1. The number of rotatable bonds is 8. The van der Waals surface area contributed by atoms with Crippen molar-refractivity contribution >= 4 is 17.6 Å². The second-order valence-electron chi connectivity index (χ2n) is 5.89. The van der Waals surface area contributed by atoms with Crippen molar-refractivity contribution in [2.45, 2.75) is 39.7 Å². The summed E-state index contributed by atoms with van der Waals surface area (Å²) in [5.41, 5.74) is 2.93. The van der Waals surface area contributed by atoms with Crippen molar-refractivity contribution in [3.05, 3.63) is 59.7 Å². The maximum atomic E-state index is 12.2. The van der Waals surface area contributed by atoms with Gasteiger partial charge in [-0.2, -0.15) is 0 Å². The van der Waals surface area contributed by atoms with Gasteiger partial charge in [-0.3, -0.25) is 4.79 Å². The first kappa shape index (κ1) is 19.5. The van der Waals surface area contributed by atoms with Crippen LogP contribution in [0.2, 0.25) is 0 Å². The Labute approximate surface area is 154 Å². The molecule has 0 saturated carbocycles. The normalized spacial score (nSPS) is 11.5. The van der Waals surface area contributed by atoms with Gasteiger partial charge in [0.25, 0.3) is 5.91 Å². The van der Waals surface area contributed by atoms with Crippen molar-refractivity contribution in [3.8, 4) is 5.75 Å². The largest absolute Gasteiger partial charge is 0.479 e. The number of hydrogen-bond donors (Lipinski definition) is 1. The van der Waals surface area contributed by atoms with Gasteiger partial charge in [0, 0.05) is 5.69 Å². The summed E-state index contributed by atoms with van der Waals surface area (Å²) in [5, 5.41) is 2.87. The van der Waals surface area contributed by atoms with Gasteiger partial charge in [0.05, 0.1) is 0 Å². The fourth-order valence-corrected chi connectivity index (χ4v) is 2.58. The molecule has 0 fully saturated rings. The Morgan fingerprint density at radius 1 is 0.962 bits per heavy atom. The molecule has 138 valence electrons. The lowest BCUT2D eigenvalue weighted by Gasteiger charge is -2.16. The number of amides is 1. The zero-order chi connectivity index (χ0) is 18.9. The van der Waals surface area contributed by atoms with Gasteiger partial charge in [0.15, 0.2) is 12.7 Å². The summed E-state index contributed by atoms with van der Waals surface area (Å²) in [5.74, 6) is -0.366. The number of benzene rings is 2. The summed E-state index contributed by atoms with van der Waals surface area (Å²) >= 11 is 0. The standard InChI is InChI=1S/C21H25NO4/c1-4-16-10-9-11-17(5-2)20(16)22-19(23)14-25-21(24)15(3)26-18-12-7-6-8-13-18/h6-13,15H,4-5,14H2,1-3H3,(H,22,23)/t15-/m0/s1. The molecular weight excluding hydrogens is 330 g/mol. The quantitative estimate of drug-likeness (QED) is 0.732. The van der Waals surface area contributed by atoms with E-state index in [1.165, 1.54) is 0 Å². The summed E-state index contributed by atoms with van der Waals surface area (Å²) in [4.78, 5) is 24.2. The molecule has 2 aromatic rings. The molecule has 5 nitrogen and oxygen atoms in total. The van der Waals surface area contributed by atoms with Crippen LogP contribution in [-0.4, -0.2) is 24.6 Å². The van der Waals surface area contributed by atoms with Crippen molar-refractivity contribution in [1.82, 2.24) is 0 Å². The Morgan fingerprint density at radius 3 is 2.15 bits per heavy atom. The van der Waals surface area contributed by atoms with Gasteiger partial charge in [-0.25, -0.2) is 4.79 Å². The Kier molecular flexibility index (Phi) is 7.21. The van der Waals surface area contributed by atoms with E-state index in [0.717, 1.165) is 29.7 Å². The first-order chi connectivity index (χ1) is 12.5. The summed E-state index contributed by atoms with van der Waals surface area (Å²) in [6.07, 6.45) is 0.829. The average Bonchev–Trinajstić information content (AvgIpc) is 2.66. The molecule has 0 aromatic heterocycles. The van der Waals surface area contributed by atoms with Crippen LogP contribution >= 0.6 is 0 Å². The summed E-state index contributed by atoms with van der Waals surface area (Å²) in [6.45, 7) is 5.32. The highest BCUT2D eigenvalue weighted by molar-refractivity contribution is 5.94. The topological polar surface area (TPSA) is 64.6 Å². The Balaban J connectivity index is 1.89. The fraction of sp³-hybridized carbons (Fsp3) is 0.333. The van der Waals surface area contributed by atoms with Crippen molar-refractivity contribution in [3.63, 3.8) is 0 Å². The third kappa shape index (κ3) is 5.34. The minimum Gasteiger partial charge on any atom is -0.479 e. The van der Waals surface area contributed by atoms with E-state index in [2.05, 4.69) is 5.32 Å². The number of ether oxygens (including phenoxy) is 2. The van der Waals surface area contributed by atoms with E-state index in [0.29, 0.717) is 5.75 Å². The molecule has 0 unspecified atom stereocenters. The molecule has 2 rings (SSSR count). The lowest BCUT2D eigenvalue weighted by atomic mass is 10.0. The van der Waals surface area contributed by atoms with Gasteiger partial charge < -0.3 is 14.8 Å².